The molecule has 3 aromatic carbocycles. The monoisotopic (exact) mass is 448 g/mol. The molecule has 0 unspecified atom stereocenters. The molecule has 1 saturated heterocycles. The molecule has 1 heterocycles. The predicted octanol–water partition coefficient (Wildman–Crippen LogP) is 5.83. The van der Waals surface area contributed by atoms with E-state index in [1.807, 2.05) is 42.5 Å². The maximum atomic E-state index is 12.8. The minimum Gasteiger partial charge on any atom is -0.489 e. The lowest BCUT2D eigenvalue weighted by Gasteiger charge is -2.27. The summed E-state index contributed by atoms with van der Waals surface area (Å²) in [6.07, 6.45) is 3.87. The van der Waals surface area contributed by atoms with Gasteiger partial charge in [-0.05, 0) is 61.3 Å². The first kappa shape index (κ1) is 22.4. The molecule has 0 bridgehead atoms. The van der Waals surface area contributed by atoms with Crippen LogP contribution in [0, 0.1) is 0 Å². The van der Waals surface area contributed by atoms with Gasteiger partial charge in [0, 0.05) is 29.2 Å². The molecule has 5 heteroatoms. The van der Waals surface area contributed by atoms with Gasteiger partial charge in [0.25, 0.3) is 5.91 Å². The van der Waals surface area contributed by atoms with E-state index in [0.717, 1.165) is 30.8 Å². The second-order valence-electron chi connectivity index (χ2n) is 8.20. The fraction of sp³-hybridized carbons (Fsp3) is 0.296. The molecule has 1 N–H and O–H groups in total. The Morgan fingerprint density at radius 1 is 0.875 bits per heavy atom. The second kappa shape index (κ2) is 11.2. The Kier molecular flexibility index (Phi) is 7.81. The Labute approximate surface area is 195 Å². The molecule has 1 aliphatic rings. The standard InChI is InChI=1S/C27H29ClN2O2/c28-26-14-5-4-11-24(26)20-32-25-13-8-12-21(17-25)27(31)29-18-22-9-2-3-10-23(22)19-30-15-6-1-7-16-30/h2-5,8-14,17H,1,6-7,15-16,18-20H2,(H,29,31). The van der Waals surface area contributed by atoms with E-state index in [9.17, 15) is 4.79 Å². The first-order chi connectivity index (χ1) is 15.7. The van der Waals surface area contributed by atoms with Crippen molar-refractivity contribution in [3.63, 3.8) is 0 Å². The van der Waals surface area contributed by atoms with Crippen LogP contribution in [-0.2, 0) is 19.7 Å². The Bertz CT molecular complexity index is 1050. The number of benzene rings is 3. The summed E-state index contributed by atoms with van der Waals surface area (Å²) in [6.45, 7) is 4.11. The SMILES string of the molecule is O=C(NCc1ccccc1CN1CCCCC1)c1cccc(OCc2ccccc2Cl)c1. The third-order valence-corrected chi connectivity index (χ3v) is 6.22. The molecule has 32 heavy (non-hydrogen) atoms. The molecule has 4 nitrogen and oxygen atoms in total. The van der Waals surface area contributed by atoms with Gasteiger partial charge in [-0.1, -0.05) is 66.6 Å². The lowest BCUT2D eigenvalue weighted by atomic mass is 10.0. The van der Waals surface area contributed by atoms with Crippen LogP contribution in [-0.4, -0.2) is 23.9 Å². The topological polar surface area (TPSA) is 41.6 Å². The van der Waals surface area contributed by atoms with Crippen molar-refractivity contribution in [3.8, 4) is 5.75 Å². The Hall–Kier alpha value is -2.82. The molecule has 0 spiro atoms. The fourth-order valence-corrected chi connectivity index (χ4v) is 4.21. The predicted molar refractivity (Wildman–Crippen MR) is 129 cm³/mol. The van der Waals surface area contributed by atoms with E-state index < -0.39 is 0 Å². The van der Waals surface area contributed by atoms with E-state index in [1.165, 1.54) is 24.8 Å². The minimum absolute atomic E-state index is 0.110. The first-order valence-electron chi connectivity index (χ1n) is 11.2. The number of hydrogen-bond acceptors (Lipinski definition) is 3. The lowest BCUT2D eigenvalue weighted by Crippen LogP contribution is -2.30. The first-order valence-corrected chi connectivity index (χ1v) is 11.6. The third kappa shape index (κ3) is 6.12. The normalized spacial score (nSPS) is 14.2. The van der Waals surface area contributed by atoms with Crippen LogP contribution in [0.4, 0.5) is 0 Å². The molecule has 3 aromatic rings. The number of amides is 1. The summed E-state index contributed by atoms with van der Waals surface area (Å²) in [5.41, 5.74) is 3.94. The average Bonchev–Trinajstić information content (AvgIpc) is 2.84. The van der Waals surface area contributed by atoms with Gasteiger partial charge in [-0.2, -0.15) is 0 Å². The number of piperidine rings is 1. The number of rotatable bonds is 8. The van der Waals surface area contributed by atoms with Crippen LogP contribution in [0.1, 0.15) is 46.3 Å². The van der Waals surface area contributed by atoms with E-state index in [2.05, 4.69) is 28.4 Å². The van der Waals surface area contributed by atoms with Crippen LogP contribution in [0.25, 0.3) is 0 Å². The lowest BCUT2D eigenvalue weighted by molar-refractivity contribution is 0.0950. The zero-order valence-electron chi connectivity index (χ0n) is 18.2. The number of likely N-dealkylation sites (tertiary alicyclic amines) is 1. The molecule has 0 saturated carbocycles. The van der Waals surface area contributed by atoms with Gasteiger partial charge < -0.3 is 10.1 Å². The van der Waals surface area contributed by atoms with Gasteiger partial charge in [0.15, 0.2) is 0 Å². The molecule has 1 fully saturated rings. The van der Waals surface area contributed by atoms with Crippen molar-refractivity contribution in [1.29, 1.82) is 0 Å². The summed E-state index contributed by atoms with van der Waals surface area (Å²) < 4.78 is 5.86. The number of hydrogen-bond donors (Lipinski definition) is 1. The van der Waals surface area contributed by atoms with Gasteiger partial charge in [0.05, 0.1) is 0 Å². The largest absolute Gasteiger partial charge is 0.489 e. The molecule has 4 rings (SSSR count). The van der Waals surface area contributed by atoms with Gasteiger partial charge >= 0.3 is 0 Å². The highest BCUT2D eigenvalue weighted by Crippen LogP contribution is 2.20. The maximum absolute atomic E-state index is 12.8. The van der Waals surface area contributed by atoms with Crippen LogP contribution < -0.4 is 10.1 Å². The van der Waals surface area contributed by atoms with E-state index in [-0.39, 0.29) is 5.91 Å². The molecule has 1 amide bonds. The van der Waals surface area contributed by atoms with E-state index in [0.29, 0.717) is 29.5 Å². The summed E-state index contributed by atoms with van der Waals surface area (Å²) in [7, 11) is 0. The Morgan fingerprint density at radius 2 is 1.59 bits per heavy atom. The highest BCUT2D eigenvalue weighted by Gasteiger charge is 2.13. The van der Waals surface area contributed by atoms with Crippen LogP contribution in [0.15, 0.2) is 72.8 Å². The molecule has 166 valence electrons. The van der Waals surface area contributed by atoms with Gasteiger partial charge in [0.2, 0.25) is 0 Å². The minimum atomic E-state index is -0.110. The van der Waals surface area contributed by atoms with Gasteiger partial charge in [-0.3, -0.25) is 9.69 Å². The number of nitrogens with one attached hydrogen (secondary N) is 1. The molecular formula is C27H29ClN2O2. The van der Waals surface area contributed by atoms with Gasteiger partial charge in [-0.15, -0.1) is 0 Å². The molecular weight excluding hydrogens is 420 g/mol. The zero-order valence-corrected chi connectivity index (χ0v) is 19.0. The highest BCUT2D eigenvalue weighted by atomic mass is 35.5. The van der Waals surface area contributed by atoms with E-state index in [4.69, 9.17) is 16.3 Å². The van der Waals surface area contributed by atoms with E-state index in [1.54, 1.807) is 12.1 Å². The van der Waals surface area contributed by atoms with Crippen molar-refractivity contribution in [2.24, 2.45) is 0 Å². The van der Waals surface area contributed by atoms with E-state index >= 15 is 0 Å². The number of nitrogens with zero attached hydrogens (tertiary/aromatic N) is 1. The Balaban J connectivity index is 1.35. The zero-order chi connectivity index (χ0) is 22.2. The number of carbonyl (C=O) groups excluding carboxylic acids is 1. The summed E-state index contributed by atoms with van der Waals surface area (Å²) in [4.78, 5) is 15.3. The quantitative estimate of drug-likeness (QED) is 0.471. The summed E-state index contributed by atoms with van der Waals surface area (Å²) in [5, 5.41) is 3.74. The van der Waals surface area contributed by atoms with Gasteiger partial charge in [-0.25, -0.2) is 0 Å². The van der Waals surface area contributed by atoms with Crippen molar-refractivity contribution >= 4 is 17.5 Å². The van der Waals surface area contributed by atoms with Crippen molar-refractivity contribution in [2.75, 3.05) is 13.1 Å². The van der Waals surface area contributed by atoms with Crippen LogP contribution in [0.3, 0.4) is 0 Å². The molecule has 0 radical (unpaired) electrons. The maximum Gasteiger partial charge on any atom is 0.251 e. The van der Waals surface area contributed by atoms with Crippen molar-refractivity contribution < 1.29 is 9.53 Å². The highest BCUT2D eigenvalue weighted by molar-refractivity contribution is 6.31. The summed E-state index contributed by atoms with van der Waals surface area (Å²) >= 11 is 6.20. The van der Waals surface area contributed by atoms with Crippen LogP contribution in [0.2, 0.25) is 5.02 Å². The van der Waals surface area contributed by atoms with Crippen molar-refractivity contribution in [2.45, 2.75) is 39.0 Å². The van der Waals surface area contributed by atoms with Crippen molar-refractivity contribution in [1.82, 2.24) is 10.2 Å². The molecule has 0 aromatic heterocycles. The van der Waals surface area contributed by atoms with Crippen LogP contribution in [0.5, 0.6) is 5.75 Å². The average molecular weight is 449 g/mol. The Morgan fingerprint density at radius 3 is 2.38 bits per heavy atom. The molecule has 1 aliphatic heterocycles. The summed E-state index contributed by atoms with van der Waals surface area (Å²) in [5.74, 6) is 0.532. The number of halogens is 1. The number of carbonyl (C=O) groups is 1. The fourth-order valence-electron chi connectivity index (χ4n) is 4.02. The summed E-state index contributed by atoms with van der Waals surface area (Å²) in [6, 6.07) is 23.2. The number of ether oxygens (including phenoxy) is 1. The van der Waals surface area contributed by atoms with Crippen LogP contribution >= 0.6 is 11.6 Å². The third-order valence-electron chi connectivity index (χ3n) is 5.85. The second-order valence-corrected chi connectivity index (χ2v) is 8.60. The van der Waals surface area contributed by atoms with Crippen molar-refractivity contribution in [3.05, 3.63) is 100 Å². The smallest absolute Gasteiger partial charge is 0.251 e. The molecule has 0 aliphatic carbocycles. The molecule has 0 atom stereocenters. The van der Waals surface area contributed by atoms with Gasteiger partial charge in [0.1, 0.15) is 12.4 Å².